The minimum atomic E-state index is -0.505. The predicted octanol–water partition coefficient (Wildman–Crippen LogP) is 2.81. The minimum Gasteiger partial charge on any atom is -0.504 e. The zero-order chi connectivity index (χ0) is 14.0. The van der Waals surface area contributed by atoms with Crippen LogP contribution < -0.4 is 9.47 Å². The van der Waals surface area contributed by atoms with Crippen molar-refractivity contribution in [3.05, 3.63) is 17.2 Å². The lowest BCUT2D eigenvalue weighted by atomic mass is 9.99. The van der Waals surface area contributed by atoms with E-state index in [2.05, 4.69) is 6.92 Å². The topological polar surface area (TPSA) is 65.0 Å². The first kappa shape index (κ1) is 13.5. The summed E-state index contributed by atoms with van der Waals surface area (Å²) in [6.45, 7) is 2.07. The zero-order valence-electron chi connectivity index (χ0n) is 11.4. The van der Waals surface area contributed by atoms with Gasteiger partial charge in [0.1, 0.15) is 11.7 Å². The number of benzene rings is 1. The number of aromatic hydroxyl groups is 1. The molecule has 0 amide bonds. The normalized spacial score (nSPS) is 17.0. The summed E-state index contributed by atoms with van der Waals surface area (Å²) in [5.74, 6) is -0.150. The van der Waals surface area contributed by atoms with E-state index in [4.69, 9.17) is 14.2 Å². The summed E-state index contributed by atoms with van der Waals surface area (Å²) in [5, 5.41) is 10.1. The summed E-state index contributed by atoms with van der Waals surface area (Å²) in [6, 6.07) is 1.71. The van der Waals surface area contributed by atoms with E-state index >= 15 is 0 Å². The van der Waals surface area contributed by atoms with E-state index < -0.39 is 5.97 Å². The Morgan fingerprint density at radius 3 is 2.68 bits per heavy atom. The molecule has 0 spiro atoms. The zero-order valence-corrected chi connectivity index (χ0v) is 11.4. The van der Waals surface area contributed by atoms with Crippen LogP contribution in [-0.2, 0) is 4.74 Å². The molecule has 1 atom stereocenters. The maximum Gasteiger partial charge on any atom is 0.343 e. The highest BCUT2D eigenvalue weighted by molar-refractivity contribution is 5.98. The van der Waals surface area contributed by atoms with Crippen LogP contribution in [0.5, 0.6) is 17.2 Å². The van der Waals surface area contributed by atoms with Crippen LogP contribution in [-0.4, -0.2) is 25.3 Å². The van der Waals surface area contributed by atoms with Crippen molar-refractivity contribution in [2.75, 3.05) is 14.2 Å². The Morgan fingerprint density at radius 2 is 2.11 bits per heavy atom. The first-order valence-corrected chi connectivity index (χ1v) is 6.32. The molecule has 0 aromatic heterocycles. The number of esters is 1. The van der Waals surface area contributed by atoms with E-state index in [-0.39, 0.29) is 23.2 Å². The fourth-order valence-electron chi connectivity index (χ4n) is 2.32. The highest BCUT2D eigenvalue weighted by Gasteiger charge is 2.36. The molecule has 5 nitrogen and oxygen atoms in total. The van der Waals surface area contributed by atoms with Gasteiger partial charge in [0.25, 0.3) is 0 Å². The van der Waals surface area contributed by atoms with E-state index in [0.717, 1.165) is 19.3 Å². The number of phenols is 1. The van der Waals surface area contributed by atoms with Gasteiger partial charge in [0, 0.05) is 5.56 Å². The lowest BCUT2D eigenvalue weighted by Gasteiger charge is -2.13. The SMILES string of the molecule is CCCCC1OC(=O)c2c1cc(OC)c(OC)c2O. The average molecular weight is 266 g/mol. The molecule has 5 heteroatoms. The quantitative estimate of drug-likeness (QED) is 0.830. The Bertz CT molecular complexity index is 495. The number of phenolic OH excluding ortho intramolecular Hbond substituents is 1. The number of ether oxygens (including phenoxy) is 3. The molecule has 1 aromatic rings. The fourth-order valence-corrected chi connectivity index (χ4v) is 2.32. The van der Waals surface area contributed by atoms with Crippen molar-refractivity contribution in [3.8, 4) is 17.2 Å². The molecule has 0 saturated heterocycles. The van der Waals surface area contributed by atoms with Gasteiger partial charge in [-0.3, -0.25) is 0 Å². The van der Waals surface area contributed by atoms with Crippen molar-refractivity contribution < 1.29 is 24.1 Å². The molecule has 0 radical (unpaired) electrons. The van der Waals surface area contributed by atoms with Crippen LogP contribution >= 0.6 is 0 Å². The summed E-state index contributed by atoms with van der Waals surface area (Å²) >= 11 is 0. The standard InChI is InChI=1S/C14H18O5/c1-4-5-6-9-8-7-10(17-2)13(18-3)12(15)11(8)14(16)19-9/h7,9,15H,4-6H2,1-3H3. The number of carbonyl (C=O) groups excluding carboxylic acids is 1. The van der Waals surface area contributed by atoms with Crippen LogP contribution in [0.15, 0.2) is 6.07 Å². The van der Waals surface area contributed by atoms with Crippen LogP contribution in [0.25, 0.3) is 0 Å². The monoisotopic (exact) mass is 266 g/mol. The third-order valence-corrected chi connectivity index (χ3v) is 3.30. The van der Waals surface area contributed by atoms with Crippen molar-refractivity contribution in [3.63, 3.8) is 0 Å². The van der Waals surface area contributed by atoms with Crippen LogP contribution in [0.3, 0.4) is 0 Å². The van der Waals surface area contributed by atoms with Crippen molar-refractivity contribution in [2.45, 2.75) is 32.3 Å². The van der Waals surface area contributed by atoms with Crippen LogP contribution in [0, 0.1) is 0 Å². The van der Waals surface area contributed by atoms with Gasteiger partial charge in [-0.25, -0.2) is 4.79 Å². The lowest BCUT2D eigenvalue weighted by molar-refractivity contribution is 0.0362. The molecule has 0 bridgehead atoms. The lowest BCUT2D eigenvalue weighted by Crippen LogP contribution is -1.98. The predicted molar refractivity (Wildman–Crippen MR) is 68.9 cm³/mol. The third-order valence-electron chi connectivity index (χ3n) is 3.30. The number of cyclic esters (lactones) is 1. The van der Waals surface area contributed by atoms with Crippen molar-refractivity contribution in [1.82, 2.24) is 0 Å². The number of rotatable bonds is 5. The highest BCUT2D eigenvalue weighted by Crippen LogP contribution is 2.47. The minimum absolute atomic E-state index is 0.161. The Morgan fingerprint density at radius 1 is 1.37 bits per heavy atom. The van der Waals surface area contributed by atoms with Crippen LogP contribution in [0.1, 0.15) is 48.2 Å². The molecular weight excluding hydrogens is 248 g/mol. The molecule has 0 saturated carbocycles. The van der Waals surface area contributed by atoms with Gasteiger partial charge in [0.2, 0.25) is 5.75 Å². The second-order valence-corrected chi connectivity index (χ2v) is 4.46. The van der Waals surface area contributed by atoms with Crippen LogP contribution in [0.4, 0.5) is 0 Å². The van der Waals surface area contributed by atoms with Gasteiger partial charge in [-0.05, 0) is 18.9 Å². The molecule has 1 aliphatic heterocycles. The largest absolute Gasteiger partial charge is 0.504 e. The second kappa shape index (κ2) is 5.38. The maximum absolute atomic E-state index is 11.8. The van der Waals surface area contributed by atoms with E-state index in [1.54, 1.807) is 6.07 Å². The van der Waals surface area contributed by atoms with Crippen molar-refractivity contribution in [2.24, 2.45) is 0 Å². The van der Waals surface area contributed by atoms with E-state index in [1.807, 2.05) is 0 Å². The third kappa shape index (κ3) is 2.20. The van der Waals surface area contributed by atoms with E-state index in [1.165, 1.54) is 14.2 Å². The molecule has 19 heavy (non-hydrogen) atoms. The summed E-state index contributed by atoms with van der Waals surface area (Å²) < 4.78 is 15.6. The average Bonchev–Trinajstić information content (AvgIpc) is 2.72. The number of hydrogen-bond acceptors (Lipinski definition) is 5. The van der Waals surface area contributed by atoms with Gasteiger partial charge in [0.05, 0.1) is 14.2 Å². The number of carbonyl (C=O) groups is 1. The molecule has 0 fully saturated rings. The molecule has 1 N–H and O–H groups in total. The Balaban J connectivity index is 2.49. The summed E-state index contributed by atoms with van der Waals surface area (Å²) in [7, 11) is 2.90. The number of methoxy groups -OCH3 is 2. The molecular formula is C14H18O5. The van der Waals surface area contributed by atoms with E-state index in [0.29, 0.717) is 11.3 Å². The highest BCUT2D eigenvalue weighted by atomic mass is 16.6. The first-order chi connectivity index (χ1) is 9.13. The first-order valence-electron chi connectivity index (χ1n) is 6.32. The number of fused-ring (bicyclic) bond motifs is 1. The Kier molecular flexibility index (Phi) is 3.83. The van der Waals surface area contributed by atoms with Gasteiger partial charge < -0.3 is 19.3 Å². The van der Waals surface area contributed by atoms with Crippen molar-refractivity contribution in [1.29, 1.82) is 0 Å². The molecule has 0 aliphatic carbocycles. The summed E-state index contributed by atoms with van der Waals surface area (Å²) in [6.07, 6.45) is 2.40. The molecule has 1 aromatic carbocycles. The summed E-state index contributed by atoms with van der Waals surface area (Å²) in [4.78, 5) is 11.8. The molecule has 1 heterocycles. The Hall–Kier alpha value is -1.91. The smallest absolute Gasteiger partial charge is 0.343 e. The maximum atomic E-state index is 11.8. The summed E-state index contributed by atoms with van der Waals surface area (Å²) in [5.41, 5.74) is 0.868. The van der Waals surface area contributed by atoms with Gasteiger partial charge in [-0.15, -0.1) is 0 Å². The molecule has 104 valence electrons. The van der Waals surface area contributed by atoms with E-state index in [9.17, 15) is 9.90 Å². The molecule has 2 rings (SSSR count). The van der Waals surface area contributed by atoms with Gasteiger partial charge >= 0.3 is 5.97 Å². The van der Waals surface area contributed by atoms with Gasteiger partial charge in [-0.1, -0.05) is 13.3 Å². The second-order valence-electron chi connectivity index (χ2n) is 4.46. The van der Waals surface area contributed by atoms with Gasteiger partial charge in [-0.2, -0.15) is 0 Å². The fraction of sp³-hybridized carbons (Fsp3) is 0.500. The molecule has 1 aliphatic rings. The number of hydrogen-bond donors (Lipinski definition) is 1. The Labute approximate surface area is 112 Å². The van der Waals surface area contributed by atoms with Gasteiger partial charge in [0.15, 0.2) is 11.5 Å². The molecule has 1 unspecified atom stereocenters. The number of unbranched alkanes of at least 4 members (excludes halogenated alkanes) is 1. The van der Waals surface area contributed by atoms with Crippen molar-refractivity contribution >= 4 is 5.97 Å². The van der Waals surface area contributed by atoms with Crippen LogP contribution in [0.2, 0.25) is 0 Å².